The lowest BCUT2D eigenvalue weighted by molar-refractivity contribution is 0.1000. The van der Waals surface area contributed by atoms with Gasteiger partial charge in [0.25, 0.3) is 0 Å². The molecule has 0 aliphatic heterocycles. The molecule has 0 spiro atoms. The Labute approximate surface area is 119 Å². The van der Waals surface area contributed by atoms with E-state index in [1.807, 2.05) is 6.92 Å². The molecule has 1 atom stereocenters. The maximum absolute atomic E-state index is 12.0. The first-order valence-electron chi connectivity index (χ1n) is 6.41. The zero-order valence-corrected chi connectivity index (χ0v) is 12.2. The molecule has 1 amide bonds. The van der Waals surface area contributed by atoms with Gasteiger partial charge in [-0.2, -0.15) is 0 Å². The molecule has 1 unspecified atom stereocenters. The van der Waals surface area contributed by atoms with Gasteiger partial charge in [0.1, 0.15) is 0 Å². The molecule has 1 aromatic rings. The van der Waals surface area contributed by atoms with Gasteiger partial charge in [0.2, 0.25) is 15.9 Å². The average molecular weight is 300 g/mol. The van der Waals surface area contributed by atoms with Crippen molar-refractivity contribution in [1.82, 2.24) is 4.72 Å². The monoisotopic (exact) mass is 300 g/mol. The summed E-state index contributed by atoms with van der Waals surface area (Å²) in [6, 6.07) is 5.44. The van der Waals surface area contributed by atoms with Crippen LogP contribution in [0.3, 0.4) is 0 Å². The first kappa shape index (κ1) is 16.6. The second-order valence-corrected chi connectivity index (χ2v) is 6.29. The highest BCUT2D eigenvalue weighted by Gasteiger charge is 2.16. The van der Waals surface area contributed by atoms with Crippen LogP contribution in [0.1, 0.15) is 30.1 Å². The van der Waals surface area contributed by atoms with Crippen molar-refractivity contribution in [2.24, 2.45) is 11.7 Å². The number of rotatable bonds is 8. The van der Waals surface area contributed by atoms with Gasteiger partial charge in [0.15, 0.2) is 0 Å². The van der Waals surface area contributed by atoms with Crippen molar-refractivity contribution < 1.29 is 18.3 Å². The Kier molecular flexibility index (Phi) is 6.12. The molecule has 4 N–H and O–H groups in total. The van der Waals surface area contributed by atoms with Crippen LogP contribution in [-0.4, -0.2) is 32.6 Å². The van der Waals surface area contributed by atoms with E-state index in [0.717, 1.165) is 6.42 Å². The van der Waals surface area contributed by atoms with Crippen LogP contribution in [0.5, 0.6) is 0 Å². The van der Waals surface area contributed by atoms with Crippen LogP contribution in [0.15, 0.2) is 29.2 Å². The summed E-state index contributed by atoms with van der Waals surface area (Å²) < 4.78 is 26.6. The van der Waals surface area contributed by atoms with Crippen molar-refractivity contribution in [3.05, 3.63) is 29.8 Å². The number of carbonyl (C=O) groups is 1. The summed E-state index contributed by atoms with van der Waals surface area (Å²) in [5.74, 6) is -0.504. The Morgan fingerprint density at radius 3 is 2.40 bits per heavy atom. The van der Waals surface area contributed by atoms with Gasteiger partial charge in [-0.1, -0.05) is 13.3 Å². The van der Waals surface area contributed by atoms with Crippen molar-refractivity contribution >= 4 is 15.9 Å². The predicted molar refractivity (Wildman–Crippen MR) is 75.6 cm³/mol. The second kappa shape index (κ2) is 7.37. The van der Waals surface area contributed by atoms with Crippen LogP contribution in [0.4, 0.5) is 0 Å². The minimum absolute atomic E-state index is 0.0353. The fraction of sp³-hybridized carbons (Fsp3) is 0.462. The van der Waals surface area contributed by atoms with E-state index in [4.69, 9.17) is 10.8 Å². The van der Waals surface area contributed by atoms with E-state index in [-0.39, 0.29) is 29.5 Å². The molecule has 0 fully saturated rings. The zero-order valence-electron chi connectivity index (χ0n) is 11.4. The number of hydrogen-bond acceptors (Lipinski definition) is 4. The number of aliphatic hydroxyl groups excluding tert-OH is 1. The Balaban J connectivity index is 2.75. The number of hydrogen-bond donors (Lipinski definition) is 3. The molecular weight excluding hydrogens is 280 g/mol. The number of nitrogens with one attached hydrogen (secondary N) is 1. The summed E-state index contributed by atoms with van der Waals surface area (Å²) in [7, 11) is -3.61. The van der Waals surface area contributed by atoms with Crippen molar-refractivity contribution in [2.75, 3.05) is 13.2 Å². The molecule has 1 aromatic carbocycles. The number of primary amides is 1. The highest BCUT2D eigenvalue weighted by Crippen LogP contribution is 2.12. The number of sulfonamides is 1. The number of nitrogens with two attached hydrogens (primary N) is 1. The fourth-order valence-electron chi connectivity index (χ4n) is 1.74. The molecule has 0 heterocycles. The van der Waals surface area contributed by atoms with Gasteiger partial charge >= 0.3 is 0 Å². The van der Waals surface area contributed by atoms with E-state index in [2.05, 4.69) is 4.72 Å². The lowest BCUT2D eigenvalue weighted by Gasteiger charge is -2.14. The summed E-state index contributed by atoms with van der Waals surface area (Å²) in [5, 5.41) is 8.88. The van der Waals surface area contributed by atoms with E-state index in [1.54, 1.807) is 0 Å². The van der Waals surface area contributed by atoms with E-state index < -0.39 is 15.9 Å². The molecule has 1 rings (SSSR count). The molecule has 6 nitrogen and oxygen atoms in total. The highest BCUT2D eigenvalue weighted by atomic mass is 32.2. The number of benzene rings is 1. The quantitative estimate of drug-likeness (QED) is 0.648. The van der Waals surface area contributed by atoms with Crippen LogP contribution in [-0.2, 0) is 10.0 Å². The van der Waals surface area contributed by atoms with Gasteiger partial charge in [-0.15, -0.1) is 0 Å². The van der Waals surface area contributed by atoms with Crippen molar-refractivity contribution in [3.63, 3.8) is 0 Å². The summed E-state index contributed by atoms with van der Waals surface area (Å²) in [4.78, 5) is 11.0. The van der Waals surface area contributed by atoms with Crippen molar-refractivity contribution in [2.45, 2.75) is 24.7 Å². The zero-order chi connectivity index (χ0) is 15.2. The number of amides is 1. The van der Waals surface area contributed by atoms with E-state index in [1.165, 1.54) is 24.3 Å². The standard InChI is InChI=1S/C13H20N2O4S/c1-2-10(7-8-16)9-15-20(18,19)12-5-3-11(4-6-12)13(14)17/h3-6,10,15-16H,2,7-9H2,1H3,(H2,14,17). The van der Waals surface area contributed by atoms with Crippen LogP contribution in [0.2, 0.25) is 0 Å². The largest absolute Gasteiger partial charge is 0.396 e. The Hall–Kier alpha value is -1.44. The normalized spacial score (nSPS) is 13.1. The first-order chi connectivity index (χ1) is 9.40. The van der Waals surface area contributed by atoms with E-state index in [0.29, 0.717) is 6.42 Å². The molecule has 0 radical (unpaired) electrons. The fourth-order valence-corrected chi connectivity index (χ4v) is 2.86. The van der Waals surface area contributed by atoms with Crippen LogP contribution in [0, 0.1) is 5.92 Å². The van der Waals surface area contributed by atoms with Gasteiger partial charge in [0.05, 0.1) is 4.90 Å². The molecule has 0 aliphatic rings. The molecule has 20 heavy (non-hydrogen) atoms. The summed E-state index contributed by atoms with van der Waals surface area (Å²) >= 11 is 0. The van der Waals surface area contributed by atoms with Crippen LogP contribution < -0.4 is 10.5 Å². The van der Waals surface area contributed by atoms with Gasteiger partial charge in [0, 0.05) is 18.7 Å². The SMILES string of the molecule is CCC(CCO)CNS(=O)(=O)c1ccc(C(N)=O)cc1. The lowest BCUT2D eigenvalue weighted by atomic mass is 10.0. The average Bonchev–Trinajstić information content (AvgIpc) is 2.43. The maximum atomic E-state index is 12.0. The summed E-state index contributed by atoms with van der Waals surface area (Å²) in [6.45, 7) is 2.25. The smallest absolute Gasteiger partial charge is 0.248 e. The van der Waals surface area contributed by atoms with Crippen molar-refractivity contribution in [3.8, 4) is 0 Å². The van der Waals surface area contributed by atoms with Gasteiger partial charge < -0.3 is 10.8 Å². The lowest BCUT2D eigenvalue weighted by Crippen LogP contribution is -2.29. The molecule has 0 bridgehead atoms. The number of aliphatic hydroxyl groups is 1. The topological polar surface area (TPSA) is 109 Å². The highest BCUT2D eigenvalue weighted by molar-refractivity contribution is 7.89. The van der Waals surface area contributed by atoms with Crippen LogP contribution in [0.25, 0.3) is 0 Å². The maximum Gasteiger partial charge on any atom is 0.248 e. The Morgan fingerprint density at radius 2 is 1.95 bits per heavy atom. The second-order valence-electron chi connectivity index (χ2n) is 4.53. The molecule has 0 aromatic heterocycles. The van der Waals surface area contributed by atoms with Crippen LogP contribution >= 0.6 is 0 Å². The van der Waals surface area contributed by atoms with Gasteiger partial charge in [-0.25, -0.2) is 13.1 Å². The minimum atomic E-state index is -3.61. The predicted octanol–water partition coefficient (Wildman–Crippen LogP) is 0.472. The third-order valence-electron chi connectivity index (χ3n) is 3.13. The minimum Gasteiger partial charge on any atom is -0.396 e. The van der Waals surface area contributed by atoms with Gasteiger partial charge in [-0.3, -0.25) is 4.79 Å². The molecule has 0 saturated heterocycles. The van der Waals surface area contributed by atoms with Crippen molar-refractivity contribution in [1.29, 1.82) is 0 Å². The first-order valence-corrected chi connectivity index (χ1v) is 7.89. The third kappa shape index (κ3) is 4.59. The van der Waals surface area contributed by atoms with E-state index >= 15 is 0 Å². The Bertz CT molecular complexity index is 540. The number of carbonyl (C=O) groups excluding carboxylic acids is 1. The molecule has 0 aliphatic carbocycles. The molecule has 7 heteroatoms. The molecule has 0 saturated carbocycles. The van der Waals surface area contributed by atoms with E-state index in [9.17, 15) is 13.2 Å². The molecular formula is C13H20N2O4S. The third-order valence-corrected chi connectivity index (χ3v) is 4.57. The summed E-state index contributed by atoms with van der Waals surface area (Å²) in [6.07, 6.45) is 1.34. The summed E-state index contributed by atoms with van der Waals surface area (Å²) in [5.41, 5.74) is 5.35. The Morgan fingerprint density at radius 1 is 1.35 bits per heavy atom. The van der Waals surface area contributed by atoms with Gasteiger partial charge in [-0.05, 0) is 36.6 Å². The molecule has 112 valence electrons.